The number of nitrogens with zero attached hydrogens (tertiary/aromatic N) is 2. The molecule has 5 heteroatoms. The average molecular weight is 346 g/mol. The number of Topliss-reactive ketones (excluding diaryl/α,β-unsaturated/α-hetero) is 1. The highest BCUT2D eigenvalue weighted by Crippen LogP contribution is 2.37. The van der Waals surface area contributed by atoms with Crippen molar-refractivity contribution in [1.82, 2.24) is 9.55 Å². The van der Waals surface area contributed by atoms with Gasteiger partial charge < -0.3 is 14.0 Å². The van der Waals surface area contributed by atoms with Gasteiger partial charge in [0.1, 0.15) is 0 Å². The first-order valence-electron chi connectivity index (χ1n) is 8.28. The van der Waals surface area contributed by atoms with E-state index < -0.39 is 0 Å². The van der Waals surface area contributed by atoms with Crippen LogP contribution in [0.1, 0.15) is 21.5 Å². The third-order valence-corrected chi connectivity index (χ3v) is 4.56. The van der Waals surface area contributed by atoms with Crippen LogP contribution in [-0.4, -0.2) is 29.6 Å². The maximum atomic E-state index is 12.7. The number of benzene rings is 2. The van der Waals surface area contributed by atoms with Crippen molar-refractivity contribution in [2.24, 2.45) is 0 Å². The Labute approximate surface area is 151 Å². The molecule has 0 atom stereocenters. The fourth-order valence-corrected chi connectivity index (χ4v) is 3.21. The summed E-state index contributed by atoms with van der Waals surface area (Å²) in [5.41, 5.74) is 4.44. The second-order valence-corrected chi connectivity index (χ2v) is 6.10. The predicted octanol–water partition coefficient (Wildman–Crippen LogP) is 3.71. The lowest BCUT2D eigenvalue weighted by molar-refractivity contribution is 0.104. The lowest BCUT2D eigenvalue weighted by Gasteiger charge is -2.08. The van der Waals surface area contributed by atoms with E-state index in [1.54, 1.807) is 32.8 Å². The maximum Gasteiger partial charge on any atom is 0.189 e. The molecule has 0 saturated carbocycles. The van der Waals surface area contributed by atoms with Crippen molar-refractivity contribution in [3.05, 3.63) is 77.4 Å². The topological polar surface area (TPSA) is 53.4 Å². The summed E-state index contributed by atoms with van der Waals surface area (Å²) in [6.45, 7) is 0. The standard InChI is InChI=1S/C21H18N2O3/c1-25-19-11-15-10-16(21(24)18(15)12-20(19)26-2)9-14-3-5-17(6-4-14)23-8-7-22-13-23/h3-9,11-13H,10H2,1-2H3/b16-9-. The summed E-state index contributed by atoms with van der Waals surface area (Å²) < 4.78 is 12.6. The smallest absolute Gasteiger partial charge is 0.189 e. The van der Waals surface area contributed by atoms with Gasteiger partial charge >= 0.3 is 0 Å². The average Bonchev–Trinajstić information content (AvgIpc) is 3.30. The summed E-state index contributed by atoms with van der Waals surface area (Å²) in [4.78, 5) is 16.8. The molecule has 2 aromatic carbocycles. The number of methoxy groups -OCH3 is 2. The molecule has 0 N–H and O–H groups in total. The molecule has 130 valence electrons. The van der Waals surface area contributed by atoms with Crippen LogP contribution in [0.4, 0.5) is 0 Å². The highest BCUT2D eigenvalue weighted by atomic mass is 16.5. The Kier molecular flexibility index (Phi) is 4.05. The molecule has 0 bridgehead atoms. The summed E-state index contributed by atoms with van der Waals surface area (Å²) in [7, 11) is 3.17. The largest absolute Gasteiger partial charge is 0.493 e. The Hall–Kier alpha value is -3.34. The van der Waals surface area contributed by atoms with Crippen molar-refractivity contribution in [2.45, 2.75) is 6.42 Å². The van der Waals surface area contributed by atoms with Crippen LogP contribution in [0.5, 0.6) is 11.5 Å². The molecule has 0 radical (unpaired) electrons. The number of fused-ring (bicyclic) bond motifs is 1. The first-order valence-corrected chi connectivity index (χ1v) is 8.28. The molecule has 1 aliphatic carbocycles. The number of carbonyl (C=O) groups is 1. The quantitative estimate of drug-likeness (QED) is 0.676. The minimum absolute atomic E-state index is 0.0413. The van der Waals surface area contributed by atoms with Gasteiger partial charge in [0, 0.05) is 35.6 Å². The summed E-state index contributed by atoms with van der Waals surface area (Å²) in [6.07, 6.45) is 7.93. The molecule has 1 aromatic heterocycles. The predicted molar refractivity (Wildman–Crippen MR) is 99.1 cm³/mol. The monoisotopic (exact) mass is 346 g/mol. The van der Waals surface area contributed by atoms with Crippen molar-refractivity contribution < 1.29 is 14.3 Å². The Balaban J connectivity index is 1.63. The molecular weight excluding hydrogens is 328 g/mol. The lowest BCUT2D eigenvalue weighted by atomic mass is 10.1. The molecule has 1 aliphatic rings. The molecule has 3 aromatic rings. The van der Waals surface area contributed by atoms with E-state index in [4.69, 9.17) is 9.47 Å². The molecule has 4 rings (SSSR count). The molecular formula is C21H18N2O3. The first kappa shape index (κ1) is 16.1. The molecule has 1 heterocycles. The highest BCUT2D eigenvalue weighted by molar-refractivity contribution is 6.15. The van der Waals surface area contributed by atoms with Gasteiger partial charge in [-0.2, -0.15) is 0 Å². The van der Waals surface area contributed by atoms with Gasteiger partial charge in [0.2, 0.25) is 0 Å². The van der Waals surface area contributed by atoms with Crippen LogP contribution in [0.2, 0.25) is 0 Å². The van der Waals surface area contributed by atoms with Crippen molar-refractivity contribution in [3.8, 4) is 17.2 Å². The zero-order chi connectivity index (χ0) is 18.1. The van der Waals surface area contributed by atoms with Gasteiger partial charge in [0.15, 0.2) is 17.3 Å². The minimum atomic E-state index is 0.0413. The minimum Gasteiger partial charge on any atom is -0.493 e. The second-order valence-electron chi connectivity index (χ2n) is 6.10. The molecule has 0 saturated heterocycles. The number of hydrogen-bond acceptors (Lipinski definition) is 4. The van der Waals surface area contributed by atoms with Crippen molar-refractivity contribution in [2.75, 3.05) is 14.2 Å². The first-order chi connectivity index (χ1) is 12.7. The Morgan fingerprint density at radius 3 is 2.46 bits per heavy atom. The SMILES string of the molecule is COc1cc2c(cc1OC)C(=O)/C(=C\c1ccc(-n3ccnc3)cc1)C2. The van der Waals surface area contributed by atoms with Crippen LogP contribution in [0.3, 0.4) is 0 Å². The molecule has 0 amide bonds. The van der Waals surface area contributed by atoms with E-state index in [9.17, 15) is 4.79 Å². The van der Waals surface area contributed by atoms with E-state index in [-0.39, 0.29) is 5.78 Å². The van der Waals surface area contributed by atoms with E-state index in [0.29, 0.717) is 23.5 Å². The summed E-state index contributed by atoms with van der Waals surface area (Å²) in [6, 6.07) is 11.7. The summed E-state index contributed by atoms with van der Waals surface area (Å²) >= 11 is 0. The number of ketones is 1. The van der Waals surface area contributed by atoms with Crippen LogP contribution in [0.15, 0.2) is 60.7 Å². The zero-order valence-electron chi connectivity index (χ0n) is 14.6. The van der Waals surface area contributed by atoms with Crippen LogP contribution >= 0.6 is 0 Å². The number of aromatic nitrogens is 2. The Morgan fingerprint density at radius 2 is 1.81 bits per heavy atom. The number of ether oxygens (including phenoxy) is 2. The van der Waals surface area contributed by atoms with Gasteiger partial charge in [-0.25, -0.2) is 4.98 Å². The molecule has 0 fully saturated rings. The fourth-order valence-electron chi connectivity index (χ4n) is 3.21. The van der Waals surface area contributed by atoms with Gasteiger partial charge in [0.05, 0.1) is 20.5 Å². The number of hydrogen-bond donors (Lipinski definition) is 0. The van der Waals surface area contributed by atoms with Crippen molar-refractivity contribution in [3.63, 3.8) is 0 Å². The van der Waals surface area contributed by atoms with Gasteiger partial charge in [-0.1, -0.05) is 12.1 Å². The van der Waals surface area contributed by atoms with Crippen LogP contribution in [0, 0.1) is 0 Å². The van der Waals surface area contributed by atoms with Gasteiger partial charge in [-0.05, 0) is 41.5 Å². The second kappa shape index (κ2) is 6.52. The third kappa shape index (κ3) is 2.77. The highest BCUT2D eigenvalue weighted by Gasteiger charge is 2.27. The van der Waals surface area contributed by atoms with Gasteiger partial charge in [-0.15, -0.1) is 0 Å². The van der Waals surface area contributed by atoms with Gasteiger partial charge in [0.25, 0.3) is 0 Å². The molecule has 26 heavy (non-hydrogen) atoms. The number of imidazole rings is 1. The summed E-state index contributed by atoms with van der Waals surface area (Å²) in [5.74, 6) is 1.26. The van der Waals surface area contributed by atoms with Crippen LogP contribution in [0.25, 0.3) is 11.8 Å². The fraction of sp³-hybridized carbons (Fsp3) is 0.143. The lowest BCUT2D eigenvalue weighted by Crippen LogP contribution is -1.97. The van der Waals surface area contributed by atoms with Crippen molar-refractivity contribution >= 4 is 11.9 Å². The molecule has 5 nitrogen and oxygen atoms in total. The number of carbonyl (C=O) groups excluding carboxylic acids is 1. The van der Waals surface area contributed by atoms with Crippen LogP contribution in [-0.2, 0) is 6.42 Å². The Morgan fingerprint density at radius 1 is 1.08 bits per heavy atom. The third-order valence-electron chi connectivity index (χ3n) is 4.56. The van der Waals surface area contributed by atoms with E-state index in [1.807, 2.05) is 47.2 Å². The Bertz CT molecular complexity index is 987. The summed E-state index contributed by atoms with van der Waals surface area (Å²) in [5, 5.41) is 0. The van der Waals surface area contributed by atoms with E-state index in [1.165, 1.54) is 0 Å². The maximum absolute atomic E-state index is 12.7. The van der Waals surface area contributed by atoms with E-state index in [2.05, 4.69) is 4.98 Å². The number of allylic oxidation sites excluding steroid dienone is 1. The van der Waals surface area contributed by atoms with Crippen LogP contribution < -0.4 is 9.47 Å². The molecule has 0 spiro atoms. The normalized spacial score (nSPS) is 14.5. The molecule has 0 aliphatic heterocycles. The zero-order valence-corrected chi connectivity index (χ0v) is 14.6. The molecule has 0 unspecified atom stereocenters. The van der Waals surface area contributed by atoms with Crippen molar-refractivity contribution in [1.29, 1.82) is 0 Å². The van der Waals surface area contributed by atoms with Gasteiger partial charge in [-0.3, -0.25) is 4.79 Å². The van der Waals surface area contributed by atoms with E-state index in [0.717, 1.165) is 22.4 Å². The van der Waals surface area contributed by atoms with E-state index >= 15 is 0 Å². The number of rotatable bonds is 4.